The monoisotopic (exact) mass is 318 g/mol. The van der Waals surface area contributed by atoms with Crippen LogP contribution in [0.3, 0.4) is 0 Å². The Morgan fingerprint density at radius 3 is 3.05 bits per heavy atom. The van der Waals surface area contributed by atoms with E-state index in [9.17, 15) is 4.79 Å². The molecule has 7 heteroatoms. The van der Waals surface area contributed by atoms with Gasteiger partial charge in [0.1, 0.15) is 5.04 Å². The van der Waals surface area contributed by atoms with E-state index in [1.807, 2.05) is 17.5 Å². The molecule has 0 bridgehead atoms. The topological polar surface area (TPSA) is 68.9 Å². The van der Waals surface area contributed by atoms with E-state index >= 15 is 0 Å². The lowest BCUT2D eigenvalue weighted by Gasteiger charge is -2.19. The number of nitrogens with zero attached hydrogens (tertiary/aromatic N) is 3. The number of hydrazone groups is 1. The molecule has 5 nitrogen and oxygen atoms in total. The molecule has 0 aliphatic carbocycles. The zero-order valence-corrected chi connectivity index (χ0v) is 13.1. The first-order chi connectivity index (χ1) is 10.2. The normalized spacial score (nSPS) is 19.9. The molecule has 1 aromatic rings. The molecule has 21 heavy (non-hydrogen) atoms. The van der Waals surface area contributed by atoms with Gasteiger partial charge < -0.3 is 0 Å². The minimum absolute atomic E-state index is 0.109. The van der Waals surface area contributed by atoms with Crippen molar-refractivity contribution in [1.82, 2.24) is 5.01 Å². The summed E-state index contributed by atoms with van der Waals surface area (Å²) in [5.74, 6) is -0.253. The number of carbonyl (C=O) groups excluding carboxylic acids is 1. The number of thiophene rings is 1. The maximum Gasteiger partial charge on any atom is 0.283 e. The highest BCUT2D eigenvalue weighted by molar-refractivity contribution is 8.26. The standard InChI is InChI=1S/C14H14N4OS2/c1-2-3-6-11-17-18-12(15)10(8-9-5-4-7-20-9)13(19)16-14(18)21-11/h4-5,7-8,15H,2-3,6H2,1H3/b10-8-,15-12?. The predicted molar refractivity (Wildman–Crippen MR) is 88.9 cm³/mol. The highest BCUT2D eigenvalue weighted by Gasteiger charge is 2.35. The van der Waals surface area contributed by atoms with Crippen molar-refractivity contribution in [3.05, 3.63) is 28.0 Å². The van der Waals surface area contributed by atoms with Crippen LogP contribution in [0.2, 0.25) is 0 Å². The molecule has 108 valence electrons. The molecule has 3 heterocycles. The highest BCUT2D eigenvalue weighted by atomic mass is 32.2. The van der Waals surface area contributed by atoms with Crippen LogP contribution >= 0.6 is 23.1 Å². The second-order valence-corrected chi connectivity index (χ2v) is 6.65. The maximum atomic E-state index is 12.1. The van der Waals surface area contributed by atoms with E-state index in [4.69, 9.17) is 5.41 Å². The maximum absolute atomic E-state index is 12.1. The minimum Gasteiger partial charge on any atom is -0.282 e. The Kier molecular flexibility index (Phi) is 4.03. The van der Waals surface area contributed by atoms with Gasteiger partial charge in [0.25, 0.3) is 5.91 Å². The smallest absolute Gasteiger partial charge is 0.282 e. The van der Waals surface area contributed by atoms with Gasteiger partial charge in [0.2, 0.25) is 5.17 Å². The molecule has 2 aliphatic rings. The van der Waals surface area contributed by atoms with Crippen molar-refractivity contribution in [3.63, 3.8) is 0 Å². The van der Waals surface area contributed by atoms with Gasteiger partial charge in [-0.2, -0.15) is 15.1 Å². The number of fused-ring (bicyclic) bond motifs is 1. The van der Waals surface area contributed by atoms with Gasteiger partial charge in [-0.3, -0.25) is 10.2 Å². The highest BCUT2D eigenvalue weighted by Crippen LogP contribution is 2.30. The van der Waals surface area contributed by atoms with Crippen LogP contribution in [0, 0.1) is 5.41 Å². The van der Waals surface area contributed by atoms with Gasteiger partial charge in [-0.15, -0.1) is 11.3 Å². The van der Waals surface area contributed by atoms with E-state index in [2.05, 4.69) is 17.0 Å². The van der Waals surface area contributed by atoms with E-state index < -0.39 is 0 Å². The zero-order chi connectivity index (χ0) is 14.8. The Labute approximate surface area is 131 Å². The largest absolute Gasteiger partial charge is 0.283 e. The van der Waals surface area contributed by atoms with E-state index in [-0.39, 0.29) is 11.7 Å². The Morgan fingerprint density at radius 1 is 1.48 bits per heavy atom. The molecule has 1 amide bonds. The number of amides is 1. The van der Waals surface area contributed by atoms with Crippen LogP contribution in [0.1, 0.15) is 31.1 Å². The summed E-state index contributed by atoms with van der Waals surface area (Å²) in [5.41, 5.74) is 0.294. The van der Waals surface area contributed by atoms with Crippen molar-refractivity contribution >= 4 is 51.1 Å². The number of hydrogen-bond donors (Lipinski definition) is 1. The van der Waals surface area contributed by atoms with E-state index in [0.717, 1.165) is 29.2 Å². The molecule has 0 atom stereocenters. The lowest BCUT2D eigenvalue weighted by Crippen LogP contribution is -2.35. The van der Waals surface area contributed by atoms with Gasteiger partial charge in [-0.05, 0) is 42.1 Å². The summed E-state index contributed by atoms with van der Waals surface area (Å²) in [4.78, 5) is 17.1. The SMILES string of the molecule is CCCCC1=NN2C(=N)/C(=C/c3cccs3)C(=O)N=C2S1. The van der Waals surface area contributed by atoms with Crippen LogP contribution in [0.5, 0.6) is 0 Å². The molecular formula is C14H14N4OS2. The first kappa shape index (κ1) is 14.2. The third kappa shape index (κ3) is 2.84. The van der Waals surface area contributed by atoms with Gasteiger partial charge >= 0.3 is 0 Å². The van der Waals surface area contributed by atoms with Crippen molar-refractivity contribution in [1.29, 1.82) is 5.41 Å². The molecule has 0 aromatic carbocycles. The van der Waals surface area contributed by atoms with Gasteiger partial charge in [-0.25, -0.2) is 0 Å². The molecule has 0 saturated heterocycles. The average molecular weight is 318 g/mol. The van der Waals surface area contributed by atoms with Crippen molar-refractivity contribution in [2.24, 2.45) is 10.1 Å². The fraction of sp³-hybridized carbons (Fsp3) is 0.286. The average Bonchev–Trinajstić information content (AvgIpc) is 3.10. The molecule has 1 aromatic heterocycles. The van der Waals surface area contributed by atoms with Crippen molar-refractivity contribution in [2.45, 2.75) is 26.2 Å². The van der Waals surface area contributed by atoms with Crippen LogP contribution in [-0.4, -0.2) is 27.0 Å². The lowest BCUT2D eigenvalue weighted by molar-refractivity contribution is -0.114. The molecule has 0 saturated carbocycles. The second kappa shape index (κ2) is 5.95. The fourth-order valence-corrected chi connectivity index (χ4v) is 3.56. The second-order valence-electron chi connectivity index (χ2n) is 4.63. The Bertz CT molecular complexity index is 673. The number of amidine groups is 2. The summed E-state index contributed by atoms with van der Waals surface area (Å²) in [5, 5.41) is 17.4. The summed E-state index contributed by atoms with van der Waals surface area (Å²) in [7, 11) is 0. The van der Waals surface area contributed by atoms with Gasteiger partial charge in [0, 0.05) is 4.88 Å². The van der Waals surface area contributed by atoms with Crippen LogP contribution in [-0.2, 0) is 4.79 Å². The number of hydrogen-bond acceptors (Lipinski definition) is 5. The number of unbranched alkanes of at least 4 members (excludes halogenated alkanes) is 1. The summed E-state index contributed by atoms with van der Waals surface area (Å²) < 4.78 is 0. The van der Waals surface area contributed by atoms with Crippen molar-refractivity contribution in [2.75, 3.05) is 0 Å². The van der Waals surface area contributed by atoms with Gasteiger partial charge in [-0.1, -0.05) is 19.4 Å². The van der Waals surface area contributed by atoms with E-state index in [0.29, 0.717) is 10.7 Å². The van der Waals surface area contributed by atoms with E-state index in [1.54, 1.807) is 6.08 Å². The van der Waals surface area contributed by atoms with Crippen LogP contribution in [0.15, 0.2) is 33.2 Å². The zero-order valence-electron chi connectivity index (χ0n) is 11.5. The molecule has 3 rings (SSSR count). The number of nitrogens with one attached hydrogen (secondary N) is 1. The number of carbonyl (C=O) groups is 1. The summed E-state index contributed by atoms with van der Waals surface area (Å²) in [6.07, 6.45) is 4.71. The molecule has 2 aliphatic heterocycles. The van der Waals surface area contributed by atoms with Crippen molar-refractivity contribution in [3.8, 4) is 0 Å². The summed E-state index contributed by atoms with van der Waals surface area (Å²) >= 11 is 2.92. The first-order valence-electron chi connectivity index (χ1n) is 6.71. The first-order valence-corrected chi connectivity index (χ1v) is 8.41. The van der Waals surface area contributed by atoms with Crippen LogP contribution < -0.4 is 0 Å². The fourth-order valence-electron chi connectivity index (χ4n) is 1.98. The Hall–Kier alpha value is -1.73. The van der Waals surface area contributed by atoms with Gasteiger partial charge in [0.15, 0.2) is 5.84 Å². The molecule has 0 unspecified atom stereocenters. The minimum atomic E-state index is -0.362. The molecule has 0 spiro atoms. The Morgan fingerprint density at radius 2 is 2.33 bits per heavy atom. The number of rotatable bonds is 4. The molecule has 0 radical (unpaired) electrons. The molecule has 0 fully saturated rings. The third-order valence-corrected chi connectivity index (χ3v) is 4.86. The lowest BCUT2D eigenvalue weighted by atomic mass is 10.1. The summed E-state index contributed by atoms with van der Waals surface area (Å²) in [6, 6.07) is 3.82. The predicted octanol–water partition coefficient (Wildman–Crippen LogP) is 3.56. The van der Waals surface area contributed by atoms with Crippen LogP contribution in [0.4, 0.5) is 0 Å². The third-order valence-electron chi connectivity index (χ3n) is 3.07. The number of aliphatic imine (C=N–C) groups is 1. The van der Waals surface area contributed by atoms with Crippen LogP contribution in [0.25, 0.3) is 6.08 Å². The Balaban J connectivity index is 1.88. The summed E-state index contributed by atoms with van der Waals surface area (Å²) in [6.45, 7) is 2.12. The molecular weight excluding hydrogens is 304 g/mol. The van der Waals surface area contributed by atoms with E-state index in [1.165, 1.54) is 28.1 Å². The molecule has 1 N–H and O–H groups in total. The quantitative estimate of drug-likeness (QED) is 0.863. The number of thioether (sulfide) groups is 1. The van der Waals surface area contributed by atoms with Gasteiger partial charge in [0.05, 0.1) is 5.57 Å². The van der Waals surface area contributed by atoms with Crippen molar-refractivity contribution < 1.29 is 4.79 Å².